The minimum atomic E-state index is -2.36. The van der Waals surface area contributed by atoms with E-state index in [1.807, 2.05) is 0 Å². The fourth-order valence-corrected chi connectivity index (χ4v) is 120. The molecular formula is C52H48Ge4. The van der Waals surface area contributed by atoms with E-state index in [-0.39, 0.29) is 0 Å². The molecule has 0 radical (unpaired) electrons. The number of rotatable bonds is 8. The van der Waals surface area contributed by atoms with Gasteiger partial charge in [0.05, 0.1) is 0 Å². The summed E-state index contributed by atoms with van der Waals surface area (Å²) >= 11 is -9.43. The first-order chi connectivity index (χ1) is 27.7. The van der Waals surface area contributed by atoms with Crippen LogP contribution in [0.2, 0.25) is 16.3 Å². The molecule has 2 saturated heterocycles. The van der Waals surface area contributed by atoms with Crippen molar-refractivity contribution in [2.24, 2.45) is 0 Å². The van der Waals surface area contributed by atoms with Crippen molar-refractivity contribution in [1.82, 2.24) is 0 Å². The predicted molar refractivity (Wildman–Crippen MR) is 251 cm³/mol. The molecule has 0 saturated carbocycles. The van der Waals surface area contributed by atoms with Crippen molar-refractivity contribution in [3.05, 3.63) is 243 Å². The van der Waals surface area contributed by atoms with Gasteiger partial charge in [-0.1, -0.05) is 0 Å². The van der Waals surface area contributed by atoms with E-state index in [1.54, 1.807) is 35.2 Å². The van der Waals surface area contributed by atoms with Gasteiger partial charge < -0.3 is 0 Å². The van der Waals surface area contributed by atoms with Crippen LogP contribution in [0, 0.1) is 0 Å². The Morgan fingerprint density at radius 2 is 0.268 bits per heavy atom. The molecule has 0 bridgehead atoms. The minimum absolute atomic E-state index is 1.46. The van der Waals surface area contributed by atoms with Crippen molar-refractivity contribution in [3.63, 3.8) is 0 Å². The first-order valence-electron chi connectivity index (χ1n) is 20.1. The third-order valence-corrected chi connectivity index (χ3v) is 99.9. The molecule has 8 aromatic rings. The second-order valence-corrected chi connectivity index (χ2v) is 62.2. The standard InChI is InChI=1S/2C26H24Ge2/c2*1-5-13-23(14-6-1)27(24-15-7-2-8-16-24)21-28(22-27,25-17-9-3-10-18-25)26-19-11-4-12-20-26/h2*1-20H,21-22H2. The van der Waals surface area contributed by atoms with E-state index in [9.17, 15) is 0 Å². The second-order valence-electron chi connectivity index (χ2n) is 16.0. The third kappa shape index (κ3) is 6.87. The molecule has 0 nitrogen and oxygen atoms in total. The molecule has 0 aliphatic carbocycles. The fraction of sp³-hybridized carbons (Fsp3) is 0.0769. The van der Waals surface area contributed by atoms with Crippen molar-refractivity contribution in [1.29, 1.82) is 0 Å². The quantitative estimate of drug-likeness (QED) is 0.142. The Hall–Kier alpha value is -4.07. The first kappa shape index (κ1) is 37.5. The molecule has 0 unspecified atom stereocenters. The number of hydrogen-bond acceptors (Lipinski definition) is 0. The molecule has 2 heterocycles. The number of benzene rings is 8. The Morgan fingerprint density at radius 1 is 0.161 bits per heavy atom. The van der Waals surface area contributed by atoms with Crippen molar-refractivity contribution in [2.45, 2.75) is 16.3 Å². The average Bonchev–Trinajstić information content (AvgIpc) is 3.27. The summed E-state index contributed by atoms with van der Waals surface area (Å²) < 4.78 is 19.1. The molecule has 4 heteroatoms. The monoisotopic (exact) mass is 968 g/mol. The SMILES string of the molecule is c1cc[c]([Ge]2([c]3ccccc3)[CH2][Ge]([c]3ccccc3)([c]3ccccc3)[CH2]2)cc1.c1cc[c]([Ge]2([c]3ccccc3)[CH2][Ge]([c]3ccccc3)([c]3ccccc3)[CH2]2)cc1. The van der Waals surface area contributed by atoms with E-state index in [1.165, 1.54) is 16.3 Å². The van der Waals surface area contributed by atoms with Crippen LogP contribution in [0.25, 0.3) is 0 Å². The van der Waals surface area contributed by atoms with Gasteiger partial charge >= 0.3 is 347 Å². The summed E-state index contributed by atoms with van der Waals surface area (Å²) in [6.07, 6.45) is 0. The van der Waals surface area contributed by atoms with Crippen molar-refractivity contribution < 1.29 is 0 Å². The zero-order valence-electron chi connectivity index (χ0n) is 31.9. The van der Waals surface area contributed by atoms with Gasteiger partial charge in [0.1, 0.15) is 0 Å². The van der Waals surface area contributed by atoms with Gasteiger partial charge in [0.25, 0.3) is 0 Å². The summed E-state index contributed by atoms with van der Waals surface area (Å²) in [4.78, 5) is 0. The van der Waals surface area contributed by atoms with Crippen LogP contribution in [0.3, 0.4) is 0 Å². The van der Waals surface area contributed by atoms with Crippen LogP contribution >= 0.6 is 0 Å². The number of hydrogen-bond donors (Lipinski definition) is 0. The molecule has 2 aliphatic heterocycles. The van der Waals surface area contributed by atoms with Crippen LogP contribution in [-0.2, 0) is 0 Å². The third-order valence-electron chi connectivity index (χ3n) is 13.0. The van der Waals surface area contributed by atoms with E-state index in [0.29, 0.717) is 0 Å². The predicted octanol–water partition coefficient (Wildman–Crippen LogP) is 7.21. The molecule has 2 aliphatic rings. The first-order valence-corrected chi connectivity index (χ1v) is 40.4. The van der Waals surface area contributed by atoms with Crippen LogP contribution in [0.15, 0.2) is 243 Å². The summed E-state index contributed by atoms with van der Waals surface area (Å²) in [6.45, 7) is 0. The van der Waals surface area contributed by atoms with Gasteiger partial charge in [-0.05, 0) is 0 Å². The van der Waals surface area contributed by atoms with Crippen LogP contribution < -0.4 is 35.2 Å². The molecule has 10 rings (SSSR count). The molecule has 56 heavy (non-hydrogen) atoms. The van der Waals surface area contributed by atoms with Gasteiger partial charge in [-0.25, -0.2) is 0 Å². The average molecular weight is 963 g/mol. The molecule has 0 N–H and O–H groups in total. The molecule has 2 fully saturated rings. The van der Waals surface area contributed by atoms with Gasteiger partial charge in [0, 0.05) is 0 Å². The van der Waals surface area contributed by atoms with Crippen molar-refractivity contribution >= 4 is 88.2 Å². The molecular weight excluding hydrogens is 915 g/mol. The summed E-state index contributed by atoms with van der Waals surface area (Å²) in [7, 11) is 0. The summed E-state index contributed by atoms with van der Waals surface area (Å²) in [6, 6.07) is 91.7. The van der Waals surface area contributed by atoms with Gasteiger partial charge in [-0.3, -0.25) is 0 Å². The van der Waals surface area contributed by atoms with Crippen LogP contribution in [-0.4, -0.2) is 53.1 Å². The Morgan fingerprint density at radius 3 is 0.375 bits per heavy atom. The molecule has 0 amide bonds. The summed E-state index contributed by atoms with van der Waals surface area (Å²) in [5.74, 6) is 0. The Labute approximate surface area is 344 Å². The topological polar surface area (TPSA) is 0 Å². The Balaban J connectivity index is 0.000000146. The van der Waals surface area contributed by atoms with Crippen LogP contribution in [0.1, 0.15) is 0 Å². The summed E-state index contributed by atoms with van der Waals surface area (Å²) in [5.41, 5.74) is 0. The zero-order chi connectivity index (χ0) is 37.7. The molecule has 0 spiro atoms. The second kappa shape index (κ2) is 16.4. The van der Waals surface area contributed by atoms with E-state index >= 15 is 0 Å². The van der Waals surface area contributed by atoms with E-state index in [4.69, 9.17) is 0 Å². The van der Waals surface area contributed by atoms with Crippen LogP contribution in [0.5, 0.6) is 0 Å². The molecule has 8 aromatic carbocycles. The maximum absolute atomic E-state index is 2.41. The van der Waals surface area contributed by atoms with Gasteiger partial charge in [0.15, 0.2) is 0 Å². The Kier molecular flexibility index (Phi) is 11.0. The Bertz CT molecular complexity index is 1920. The fourth-order valence-electron chi connectivity index (χ4n) is 10.3. The van der Waals surface area contributed by atoms with E-state index < -0.39 is 53.1 Å². The maximum atomic E-state index is 2.41. The van der Waals surface area contributed by atoms with Gasteiger partial charge in [0.2, 0.25) is 0 Å². The van der Waals surface area contributed by atoms with E-state index in [0.717, 1.165) is 0 Å². The molecule has 272 valence electrons. The van der Waals surface area contributed by atoms with Gasteiger partial charge in [-0.2, -0.15) is 0 Å². The summed E-state index contributed by atoms with van der Waals surface area (Å²) in [5, 5.41) is 0. The van der Waals surface area contributed by atoms with E-state index in [2.05, 4.69) is 243 Å². The normalized spacial score (nSPS) is 16.9. The van der Waals surface area contributed by atoms with Crippen molar-refractivity contribution in [3.8, 4) is 0 Å². The molecule has 0 aromatic heterocycles. The molecule has 0 atom stereocenters. The van der Waals surface area contributed by atoms with Crippen molar-refractivity contribution in [2.75, 3.05) is 0 Å². The zero-order valence-corrected chi connectivity index (χ0v) is 40.3. The van der Waals surface area contributed by atoms with Gasteiger partial charge in [-0.15, -0.1) is 0 Å². The van der Waals surface area contributed by atoms with Crippen LogP contribution in [0.4, 0.5) is 0 Å².